The molecule has 1 aliphatic rings. The summed E-state index contributed by atoms with van der Waals surface area (Å²) in [5.41, 5.74) is 1.95. The zero-order chi connectivity index (χ0) is 10.7. The summed E-state index contributed by atoms with van der Waals surface area (Å²) in [5.74, 6) is 0. The Bertz CT molecular complexity index is 308. The van der Waals surface area contributed by atoms with E-state index in [4.69, 9.17) is 0 Å². The number of hydrogen-bond acceptors (Lipinski definition) is 1. The summed E-state index contributed by atoms with van der Waals surface area (Å²) in [6.45, 7) is 4.59. The van der Waals surface area contributed by atoms with E-state index in [1.54, 1.807) is 0 Å². The molecule has 1 aromatic rings. The van der Waals surface area contributed by atoms with Gasteiger partial charge in [-0.3, -0.25) is 0 Å². The third kappa shape index (κ3) is 2.85. The van der Waals surface area contributed by atoms with Gasteiger partial charge in [0.05, 0.1) is 0 Å². The van der Waals surface area contributed by atoms with Crippen LogP contribution in [0, 0.1) is 5.41 Å². The van der Waals surface area contributed by atoms with Crippen molar-refractivity contribution in [3.05, 3.63) is 24.0 Å². The maximum absolute atomic E-state index is 3.58. The zero-order valence-electron chi connectivity index (χ0n) is 9.92. The second kappa shape index (κ2) is 4.40. The van der Waals surface area contributed by atoms with Gasteiger partial charge in [0.25, 0.3) is 0 Å². The molecule has 84 valence electrons. The Labute approximate surface area is 92.7 Å². The molecule has 0 bridgehead atoms. The largest absolute Gasteiger partial charge is 0.357 e. The minimum absolute atomic E-state index is 0.564. The van der Waals surface area contributed by atoms with Crippen molar-refractivity contribution in [1.29, 1.82) is 0 Å². The lowest BCUT2D eigenvalue weighted by molar-refractivity contribution is 0.314. The van der Waals surface area contributed by atoms with Crippen LogP contribution >= 0.6 is 0 Å². The van der Waals surface area contributed by atoms with Gasteiger partial charge in [-0.15, -0.1) is 0 Å². The van der Waals surface area contributed by atoms with Crippen molar-refractivity contribution < 1.29 is 0 Å². The minimum Gasteiger partial charge on any atom is -0.357 e. The summed E-state index contributed by atoms with van der Waals surface area (Å²) in [6, 6.07) is 2.18. The van der Waals surface area contributed by atoms with Crippen LogP contribution in [0.2, 0.25) is 0 Å². The lowest BCUT2D eigenvalue weighted by Crippen LogP contribution is -2.28. The predicted octanol–water partition coefficient (Wildman–Crippen LogP) is 2.70. The summed E-state index contributed by atoms with van der Waals surface area (Å²) in [4.78, 5) is 0. The van der Waals surface area contributed by atoms with Crippen molar-refractivity contribution in [2.24, 2.45) is 12.5 Å². The van der Waals surface area contributed by atoms with Gasteiger partial charge in [-0.05, 0) is 29.9 Å². The summed E-state index contributed by atoms with van der Waals surface area (Å²) in [5, 5.41) is 3.58. The Morgan fingerprint density at radius 3 is 2.73 bits per heavy atom. The number of aromatic nitrogens is 1. The van der Waals surface area contributed by atoms with Crippen molar-refractivity contribution in [1.82, 2.24) is 9.88 Å². The molecule has 2 nitrogen and oxygen atoms in total. The molecule has 1 N–H and O–H groups in total. The number of nitrogens with one attached hydrogen (secondary N) is 1. The van der Waals surface area contributed by atoms with Crippen LogP contribution in [-0.4, -0.2) is 11.1 Å². The van der Waals surface area contributed by atoms with Crippen LogP contribution in [-0.2, 0) is 13.6 Å². The Balaban J connectivity index is 1.75. The quantitative estimate of drug-likeness (QED) is 0.801. The van der Waals surface area contributed by atoms with Crippen LogP contribution in [0.4, 0.5) is 0 Å². The maximum Gasteiger partial charge on any atom is 0.0220 e. The molecule has 0 radical (unpaired) electrons. The first kappa shape index (κ1) is 10.7. The van der Waals surface area contributed by atoms with Crippen LogP contribution in [0.15, 0.2) is 18.5 Å². The molecule has 1 heterocycles. The van der Waals surface area contributed by atoms with Crippen molar-refractivity contribution in [2.45, 2.75) is 39.2 Å². The standard InChI is InChI=1S/C13H22N2/c1-13(6-3-4-7-13)11-14-9-12-5-8-15(2)10-12/h5,8,10,14H,3-4,6-7,9,11H2,1-2H3. The average molecular weight is 206 g/mol. The highest BCUT2D eigenvalue weighted by Crippen LogP contribution is 2.36. The van der Waals surface area contributed by atoms with Gasteiger partial charge in [-0.1, -0.05) is 19.8 Å². The Morgan fingerprint density at radius 1 is 1.40 bits per heavy atom. The molecule has 1 aliphatic carbocycles. The smallest absolute Gasteiger partial charge is 0.0220 e. The van der Waals surface area contributed by atoms with E-state index in [-0.39, 0.29) is 0 Å². The third-order valence-electron chi connectivity index (χ3n) is 3.58. The third-order valence-corrected chi connectivity index (χ3v) is 3.58. The van der Waals surface area contributed by atoms with E-state index >= 15 is 0 Å². The van der Waals surface area contributed by atoms with Crippen LogP contribution in [0.25, 0.3) is 0 Å². The lowest BCUT2D eigenvalue weighted by Gasteiger charge is -2.23. The van der Waals surface area contributed by atoms with Crippen LogP contribution in [0.1, 0.15) is 38.2 Å². The van der Waals surface area contributed by atoms with E-state index in [1.165, 1.54) is 37.8 Å². The predicted molar refractivity (Wildman–Crippen MR) is 63.7 cm³/mol. The van der Waals surface area contributed by atoms with Gasteiger partial charge in [0.1, 0.15) is 0 Å². The Kier molecular flexibility index (Phi) is 3.15. The molecule has 0 saturated heterocycles. The van der Waals surface area contributed by atoms with Gasteiger partial charge in [0.15, 0.2) is 0 Å². The summed E-state index contributed by atoms with van der Waals surface area (Å²) in [6.07, 6.45) is 9.93. The van der Waals surface area contributed by atoms with E-state index in [9.17, 15) is 0 Å². The average Bonchev–Trinajstić information content (AvgIpc) is 2.76. The van der Waals surface area contributed by atoms with E-state index < -0.39 is 0 Å². The van der Waals surface area contributed by atoms with Crippen molar-refractivity contribution in [3.63, 3.8) is 0 Å². The molecule has 2 rings (SSSR count). The monoisotopic (exact) mass is 206 g/mol. The molecule has 1 saturated carbocycles. The second-order valence-corrected chi connectivity index (χ2v) is 5.31. The highest BCUT2D eigenvalue weighted by atomic mass is 14.9. The molecule has 0 spiro atoms. The molecule has 0 aromatic carbocycles. The molecular formula is C13H22N2. The molecule has 0 amide bonds. The first-order chi connectivity index (χ1) is 7.18. The van der Waals surface area contributed by atoms with Gasteiger partial charge in [-0.2, -0.15) is 0 Å². The molecule has 1 fully saturated rings. The van der Waals surface area contributed by atoms with Crippen molar-refractivity contribution >= 4 is 0 Å². The van der Waals surface area contributed by atoms with Gasteiger partial charge in [0.2, 0.25) is 0 Å². The Hall–Kier alpha value is -0.760. The summed E-state index contributed by atoms with van der Waals surface area (Å²) in [7, 11) is 2.07. The molecule has 2 heteroatoms. The van der Waals surface area contributed by atoms with Gasteiger partial charge < -0.3 is 9.88 Å². The topological polar surface area (TPSA) is 17.0 Å². The summed E-state index contributed by atoms with van der Waals surface area (Å²) < 4.78 is 2.11. The summed E-state index contributed by atoms with van der Waals surface area (Å²) >= 11 is 0. The highest BCUT2D eigenvalue weighted by molar-refractivity contribution is 5.09. The van der Waals surface area contributed by atoms with Crippen molar-refractivity contribution in [3.8, 4) is 0 Å². The van der Waals surface area contributed by atoms with Crippen LogP contribution in [0.5, 0.6) is 0 Å². The number of rotatable bonds is 4. The molecule has 0 aliphatic heterocycles. The lowest BCUT2D eigenvalue weighted by atomic mass is 9.89. The highest BCUT2D eigenvalue weighted by Gasteiger charge is 2.27. The minimum atomic E-state index is 0.564. The van der Waals surface area contributed by atoms with E-state index in [0.29, 0.717) is 5.41 Å². The van der Waals surface area contributed by atoms with E-state index in [0.717, 1.165) is 6.54 Å². The van der Waals surface area contributed by atoms with Gasteiger partial charge in [-0.25, -0.2) is 0 Å². The number of hydrogen-bond donors (Lipinski definition) is 1. The first-order valence-electron chi connectivity index (χ1n) is 6.00. The molecule has 0 atom stereocenters. The fourth-order valence-corrected chi connectivity index (χ4v) is 2.58. The molecular weight excluding hydrogens is 184 g/mol. The van der Waals surface area contributed by atoms with E-state index in [1.807, 2.05) is 0 Å². The van der Waals surface area contributed by atoms with Crippen LogP contribution < -0.4 is 5.32 Å². The zero-order valence-corrected chi connectivity index (χ0v) is 9.92. The SMILES string of the molecule is Cn1ccc(CNCC2(C)CCCC2)c1. The van der Waals surface area contributed by atoms with Gasteiger partial charge in [0, 0.05) is 32.5 Å². The Morgan fingerprint density at radius 2 is 2.13 bits per heavy atom. The number of aryl methyl sites for hydroxylation is 1. The van der Waals surface area contributed by atoms with E-state index in [2.05, 4.69) is 42.3 Å². The second-order valence-electron chi connectivity index (χ2n) is 5.31. The fourth-order valence-electron chi connectivity index (χ4n) is 2.58. The molecule has 0 unspecified atom stereocenters. The normalized spacial score (nSPS) is 19.6. The van der Waals surface area contributed by atoms with Crippen molar-refractivity contribution in [2.75, 3.05) is 6.54 Å². The first-order valence-corrected chi connectivity index (χ1v) is 6.00. The molecule has 15 heavy (non-hydrogen) atoms. The van der Waals surface area contributed by atoms with Gasteiger partial charge >= 0.3 is 0 Å². The molecule has 1 aromatic heterocycles. The fraction of sp³-hybridized carbons (Fsp3) is 0.692. The maximum atomic E-state index is 3.58. The van der Waals surface area contributed by atoms with Crippen LogP contribution in [0.3, 0.4) is 0 Å². The number of nitrogens with zero attached hydrogens (tertiary/aromatic N) is 1.